The third-order valence-corrected chi connectivity index (χ3v) is 3.91. The first-order valence-electron chi connectivity index (χ1n) is 5.47. The maximum Gasteiger partial charge on any atom is 0.124 e. The summed E-state index contributed by atoms with van der Waals surface area (Å²) in [6.07, 6.45) is 0. The lowest BCUT2D eigenvalue weighted by Crippen LogP contribution is -2.43. The molecule has 4 heteroatoms. The Morgan fingerprint density at radius 1 is 1.24 bits per heavy atom. The van der Waals surface area contributed by atoms with Gasteiger partial charge in [-0.05, 0) is 18.2 Å². The summed E-state index contributed by atoms with van der Waals surface area (Å²) in [4.78, 5) is 2.37. The van der Waals surface area contributed by atoms with Gasteiger partial charge in [-0.15, -0.1) is 11.3 Å². The molecule has 1 aliphatic heterocycles. The summed E-state index contributed by atoms with van der Waals surface area (Å²) >= 11 is 1.62. The summed E-state index contributed by atoms with van der Waals surface area (Å²) in [7, 11) is 0. The number of nitrogens with zero attached hydrogens (tertiary/aromatic N) is 1. The number of thiophene rings is 1. The lowest BCUT2D eigenvalue weighted by molar-refractivity contribution is 0.590. The Hall–Kier alpha value is -1.13. The Morgan fingerprint density at radius 3 is 2.76 bits per heavy atom. The van der Waals surface area contributed by atoms with Gasteiger partial charge in [-0.3, -0.25) is 0 Å². The van der Waals surface area contributed by atoms with E-state index in [0.717, 1.165) is 30.9 Å². The largest absolute Gasteiger partial charge is 0.368 e. The first-order chi connectivity index (χ1) is 7.84. The van der Waals surface area contributed by atoms with E-state index in [1.54, 1.807) is 23.5 Å². The minimum atomic E-state index is -0.152. The second-order valence-corrected chi connectivity index (χ2v) is 4.91. The lowest BCUT2D eigenvalue weighted by atomic mass is 10.2. The smallest absolute Gasteiger partial charge is 0.124 e. The Labute approximate surface area is 105 Å². The predicted molar refractivity (Wildman–Crippen MR) is 73.6 cm³/mol. The molecule has 1 N–H and O–H groups in total. The van der Waals surface area contributed by atoms with Crippen LogP contribution >= 0.6 is 11.3 Å². The molecule has 3 rings (SSSR count). The monoisotopic (exact) mass is 252 g/mol. The van der Waals surface area contributed by atoms with E-state index in [1.165, 1.54) is 11.1 Å². The quantitative estimate of drug-likeness (QED) is 0.839. The fourth-order valence-corrected chi connectivity index (χ4v) is 3.13. The van der Waals surface area contributed by atoms with Crippen molar-refractivity contribution in [3.63, 3.8) is 0 Å². The molecule has 2 aromatic rings. The van der Waals surface area contributed by atoms with Crippen LogP contribution in [0.15, 0.2) is 23.6 Å². The number of rotatable bonds is 1. The molecule has 1 fully saturated rings. The van der Waals surface area contributed by atoms with Gasteiger partial charge >= 0.3 is 0 Å². The second-order valence-electron chi connectivity index (χ2n) is 4.00. The van der Waals surface area contributed by atoms with Crippen LogP contribution in [0.1, 0.15) is 7.43 Å². The fraction of sp³-hybridized carbons (Fsp3) is 0.385. The molecule has 1 aromatic heterocycles. The molecule has 0 unspecified atom stereocenters. The SMILES string of the molecule is C.Fc1ccc2c(N3CCNCC3)csc2c1. The van der Waals surface area contributed by atoms with E-state index in [0.29, 0.717) is 0 Å². The van der Waals surface area contributed by atoms with Gasteiger partial charge in [-0.1, -0.05) is 7.43 Å². The molecule has 0 radical (unpaired) electrons. The van der Waals surface area contributed by atoms with Crippen molar-refractivity contribution in [1.29, 1.82) is 0 Å². The molecule has 1 aliphatic rings. The molecule has 17 heavy (non-hydrogen) atoms. The molecular weight excluding hydrogens is 235 g/mol. The molecule has 0 bridgehead atoms. The highest BCUT2D eigenvalue weighted by atomic mass is 32.1. The minimum Gasteiger partial charge on any atom is -0.368 e. The number of halogens is 1. The van der Waals surface area contributed by atoms with Crippen LogP contribution in [0.25, 0.3) is 10.1 Å². The zero-order chi connectivity index (χ0) is 11.0. The first-order valence-corrected chi connectivity index (χ1v) is 6.35. The van der Waals surface area contributed by atoms with Crippen LogP contribution in [-0.4, -0.2) is 26.2 Å². The number of hydrogen-bond acceptors (Lipinski definition) is 3. The lowest BCUT2D eigenvalue weighted by Gasteiger charge is -2.28. The van der Waals surface area contributed by atoms with Crippen LogP contribution in [0.2, 0.25) is 0 Å². The number of benzene rings is 1. The summed E-state index contributed by atoms with van der Waals surface area (Å²) in [6, 6.07) is 5.05. The average Bonchev–Trinajstić information content (AvgIpc) is 2.73. The molecule has 0 atom stereocenters. The Kier molecular flexibility index (Phi) is 3.64. The summed E-state index contributed by atoms with van der Waals surface area (Å²) in [5, 5.41) is 6.64. The second kappa shape index (κ2) is 5.02. The van der Waals surface area contributed by atoms with E-state index in [-0.39, 0.29) is 13.2 Å². The van der Waals surface area contributed by atoms with E-state index in [2.05, 4.69) is 15.6 Å². The molecule has 1 saturated heterocycles. The Bertz CT molecular complexity index is 503. The average molecular weight is 252 g/mol. The molecule has 92 valence electrons. The van der Waals surface area contributed by atoms with Gasteiger partial charge in [0.15, 0.2) is 0 Å². The number of nitrogens with one attached hydrogen (secondary N) is 1. The zero-order valence-corrected chi connectivity index (χ0v) is 9.69. The third kappa shape index (κ3) is 2.28. The van der Waals surface area contributed by atoms with Crippen molar-refractivity contribution < 1.29 is 4.39 Å². The van der Waals surface area contributed by atoms with Gasteiger partial charge in [0.25, 0.3) is 0 Å². The van der Waals surface area contributed by atoms with Gasteiger partial charge in [-0.2, -0.15) is 0 Å². The van der Waals surface area contributed by atoms with Crippen molar-refractivity contribution in [2.45, 2.75) is 7.43 Å². The molecule has 0 amide bonds. The summed E-state index contributed by atoms with van der Waals surface area (Å²) < 4.78 is 14.1. The van der Waals surface area contributed by atoms with Crippen LogP contribution in [0.5, 0.6) is 0 Å². The van der Waals surface area contributed by atoms with Gasteiger partial charge < -0.3 is 10.2 Å². The summed E-state index contributed by atoms with van der Waals surface area (Å²) in [6.45, 7) is 4.11. The molecule has 2 nitrogen and oxygen atoms in total. The fourth-order valence-electron chi connectivity index (χ4n) is 2.14. The van der Waals surface area contributed by atoms with E-state index in [9.17, 15) is 4.39 Å². The van der Waals surface area contributed by atoms with E-state index >= 15 is 0 Å². The van der Waals surface area contributed by atoms with Crippen molar-refractivity contribution in [1.82, 2.24) is 5.32 Å². The van der Waals surface area contributed by atoms with Gasteiger partial charge in [0.1, 0.15) is 5.82 Å². The van der Waals surface area contributed by atoms with Crippen LogP contribution < -0.4 is 10.2 Å². The Morgan fingerprint density at radius 2 is 2.00 bits per heavy atom. The van der Waals surface area contributed by atoms with Crippen molar-refractivity contribution in [3.05, 3.63) is 29.4 Å². The van der Waals surface area contributed by atoms with Crippen LogP contribution in [-0.2, 0) is 0 Å². The minimum absolute atomic E-state index is 0. The van der Waals surface area contributed by atoms with Gasteiger partial charge in [0.2, 0.25) is 0 Å². The normalized spacial score (nSPS) is 15.9. The summed E-state index contributed by atoms with van der Waals surface area (Å²) in [5.41, 5.74) is 1.25. The van der Waals surface area contributed by atoms with Gasteiger partial charge in [-0.25, -0.2) is 4.39 Å². The van der Waals surface area contributed by atoms with Gasteiger partial charge in [0, 0.05) is 41.6 Å². The first kappa shape index (κ1) is 12.3. The third-order valence-electron chi connectivity index (χ3n) is 2.97. The zero-order valence-electron chi connectivity index (χ0n) is 8.87. The highest BCUT2D eigenvalue weighted by Crippen LogP contribution is 2.33. The van der Waals surface area contributed by atoms with Crippen molar-refractivity contribution in [3.8, 4) is 0 Å². The highest BCUT2D eigenvalue weighted by molar-refractivity contribution is 7.17. The van der Waals surface area contributed by atoms with E-state index < -0.39 is 0 Å². The van der Waals surface area contributed by atoms with Crippen LogP contribution in [0.3, 0.4) is 0 Å². The number of fused-ring (bicyclic) bond motifs is 1. The van der Waals surface area contributed by atoms with Crippen LogP contribution in [0.4, 0.5) is 10.1 Å². The molecule has 0 saturated carbocycles. The van der Waals surface area contributed by atoms with Crippen molar-refractivity contribution in [2.75, 3.05) is 31.1 Å². The molecular formula is C13H17FN2S. The standard InChI is InChI=1S/C12H13FN2S.CH4/c13-9-1-2-10-11(8-16-12(10)7-9)15-5-3-14-4-6-15;/h1-2,7-8,14H,3-6H2;1H4. The topological polar surface area (TPSA) is 15.3 Å². The van der Waals surface area contributed by atoms with Crippen molar-refractivity contribution >= 4 is 27.1 Å². The Balaban J connectivity index is 0.00000108. The summed E-state index contributed by atoms with van der Waals surface area (Å²) in [5.74, 6) is -0.152. The number of anilines is 1. The molecule has 0 spiro atoms. The molecule has 0 aliphatic carbocycles. The maximum atomic E-state index is 13.1. The van der Waals surface area contributed by atoms with Gasteiger partial charge in [0.05, 0.1) is 5.69 Å². The molecule has 2 heterocycles. The highest BCUT2D eigenvalue weighted by Gasteiger charge is 2.14. The van der Waals surface area contributed by atoms with E-state index in [1.807, 2.05) is 6.07 Å². The number of hydrogen-bond donors (Lipinski definition) is 1. The van der Waals surface area contributed by atoms with Crippen molar-refractivity contribution in [2.24, 2.45) is 0 Å². The van der Waals surface area contributed by atoms with E-state index in [4.69, 9.17) is 0 Å². The predicted octanol–water partition coefficient (Wildman–Crippen LogP) is 3.09. The van der Waals surface area contributed by atoms with Crippen LogP contribution in [0, 0.1) is 5.82 Å². The number of piperazine rings is 1. The molecule has 1 aromatic carbocycles. The maximum absolute atomic E-state index is 13.1.